The normalized spacial score (nSPS) is 22.4. The van der Waals surface area contributed by atoms with Crippen LogP contribution >= 0.6 is 0 Å². The zero-order valence-electron chi connectivity index (χ0n) is 15.7. The summed E-state index contributed by atoms with van der Waals surface area (Å²) < 4.78 is 2.28. The molecule has 0 radical (unpaired) electrons. The number of amides is 2. The summed E-state index contributed by atoms with van der Waals surface area (Å²) in [6, 6.07) is 19.2. The van der Waals surface area contributed by atoms with Gasteiger partial charge in [-0.25, -0.2) is 0 Å². The van der Waals surface area contributed by atoms with E-state index in [1.165, 1.54) is 22.0 Å². The Morgan fingerprint density at radius 1 is 0.964 bits per heavy atom. The molecule has 3 aromatic rings. The van der Waals surface area contributed by atoms with Crippen LogP contribution in [0.3, 0.4) is 0 Å². The van der Waals surface area contributed by atoms with Gasteiger partial charge in [-0.2, -0.15) is 0 Å². The number of carbonyl (C=O) groups is 2. The number of hydrogen-bond acceptors (Lipinski definition) is 3. The number of hydrogen-bond donors (Lipinski definition) is 1. The third-order valence-corrected chi connectivity index (χ3v) is 6.11. The fraction of sp³-hybridized carbons (Fsp3) is 0.304. The minimum absolute atomic E-state index is 0.0906. The zero-order valence-corrected chi connectivity index (χ0v) is 15.7. The largest absolute Gasteiger partial charge is 0.343 e. The van der Waals surface area contributed by atoms with E-state index < -0.39 is 5.41 Å². The summed E-state index contributed by atoms with van der Waals surface area (Å²) in [4.78, 5) is 26.1. The van der Waals surface area contributed by atoms with Crippen LogP contribution in [0.15, 0.2) is 60.8 Å². The Bertz CT molecular complexity index is 1060. The van der Waals surface area contributed by atoms with E-state index in [1.54, 1.807) is 0 Å². The lowest BCUT2D eigenvalue weighted by Crippen LogP contribution is -2.34. The number of rotatable bonds is 4. The van der Waals surface area contributed by atoms with Crippen LogP contribution < -0.4 is 5.32 Å². The maximum atomic E-state index is 12.2. The highest BCUT2D eigenvalue weighted by molar-refractivity contribution is 6.06. The van der Waals surface area contributed by atoms with E-state index in [1.807, 2.05) is 6.07 Å². The van der Waals surface area contributed by atoms with Crippen molar-refractivity contribution in [1.29, 1.82) is 0 Å². The molecule has 2 saturated heterocycles. The average molecular weight is 373 g/mol. The van der Waals surface area contributed by atoms with Gasteiger partial charge in [0.1, 0.15) is 0 Å². The van der Waals surface area contributed by atoms with E-state index in [0.717, 1.165) is 26.1 Å². The fourth-order valence-corrected chi connectivity index (χ4v) is 4.62. The summed E-state index contributed by atoms with van der Waals surface area (Å²) in [6.45, 7) is 3.16. The molecule has 2 aliphatic rings. The molecule has 142 valence electrons. The maximum Gasteiger partial charge on any atom is 0.234 e. The monoisotopic (exact) mass is 373 g/mol. The number of benzene rings is 2. The Kier molecular flexibility index (Phi) is 4.05. The summed E-state index contributed by atoms with van der Waals surface area (Å²) in [5.74, 6) is -0.223. The molecule has 5 nitrogen and oxygen atoms in total. The molecule has 1 spiro atoms. The molecule has 2 aliphatic heterocycles. The molecule has 1 N–H and O–H groups in total. The second-order valence-electron chi connectivity index (χ2n) is 8.12. The minimum Gasteiger partial charge on any atom is -0.343 e. The lowest BCUT2D eigenvalue weighted by atomic mass is 9.85. The molecule has 5 rings (SSSR count). The van der Waals surface area contributed by atoms with Gasteiger partial charge in [-0.15, -0.1) is 0 Å². The molecule has 0 bridgehead atoms. The third-order valence-electron chi connectivity index (χ3n) is 6.11. The van der Waals surface area contributed by atoms with Crippen molar-refractivity contribution in [3.8, 4) is 0 Å². The van der Waals surface area contributed by atoms with Crippen molar-refractivity contribution in [2.45, 2.75) is 25.9 Å². The standard InChI is InChI=1S/C23H23N3O2/c27-21-13-23(22(28)24-21)9-11-25(16-23)14-18-6-7-19-8-10-26(20(19)12-18)15-17-4-2-1-3-5-17/h1-8,10,12H,9,11,13-16H2,(H,24,27,28). The molecule has 0 saturated carbocycles. The predicted molar refractivity (Wildman–Crippen MR) is 108 cm³/mol. The van der Waals surface area contributed by atoms with Gasteiger partial charge in [-0.3, -0.25) is 19.8 Å². The van der Waals surface area contributed by atoms with Crippen LogP contribution in [0.5, 0.6) is 0 Å². The summed E-state index contributed by atoms with van der Waals surface area (Å²) in [5.41, 5.74) is 3.24. The molecule has 1 unspecified atom stereocenters. The lowest BCUT2D eigenvalue weighted by Gasteiger charge is -2.20. The van der Waals surface area contributed by atoms with Gasteiger partial charge >= 0.3 is 0 Å². The molecule has 1 atom stereocenters. The van der Waals surface area contributed by atoms with E-state index in [-0.39, 0.29) is 11.8 Å². The molecule has 5 heteroatoms. The molecular formula is C23H23N3O2. The zero-order chi connectivity index (χ0) is 19.1. The summed E-state index contributed by atoms with van der Waals surface area (Å²) >= 11 is 0. The van der Waals surface area contributed by atoms with Gasteiger partial charge in [0.05, 0.1) is 5.41 Å². The van der Waals surface area contributed by atoms with Gasteiger partial charge in [-0.05, 0) is 41.6 Å². The van der Waals surface area contributed by atoms with Gasteiger partial charge in [0.25, 0.3) is 0 Å². The van der Waals surface area contributed by atoms with Crippen molar-refractivity contribution in [1.82, 2.24) is 14.8 Å². The van der Waals surface area contributed by atoms with Crippen LogP contribution in [0.4, 0.5) is 0 Å². The van der Waals surface area contributed by atoms with Crippen molar-refractivity contribution in [2.24, 2.45) is 5.41 Å². The molecule has 28 heavy (non-hydrogen) atoms. The van der Waals surface area contributed by atoms with Crippen LogP contribution in [-0.4, -0.2) is 34.4 Å². The highest BCUT2D eigenvalue weighted by Gasteiger charge is 2.50. The number of carbonyl (C=O) groups excluding carboxylic acids is 2. The Balaban J connectivity index is 1.35. The van der Waals surface area contributed by atoms with Crippen molar-refractivity contribution < 1.29 is 9.59 Å². The average Bonchev–Trinajstić information content (AvgIpc) is 3.35. The van der Waals surface area contributed by atoms with Gasteiger partial charge in [0, 0.05) is 37.8 Å². The summed E-state index contributed by atoms with van der Waals surface area (Å²) in [6.07, 6.45) is 3.24. The smallest absolute Gasteiger partial charge is 0.234 e. The number of aromatic nitrogens is 1. The summed E-state index contributed by atoms with van der Waals surface area (Å²) in [7, 11) is 0. The van der Waals surface area contributed by atoms with Crippen molar-refractivity contribution in [2.75, 3.05) is 13.1 Å². The van der Waals surface area contributed by atoms with Crippen molar-refractivity contribution in [3.63, 3.8) is 0 Å². The number of fused-ring (bicyclic) bond motifs is 1. The van der Waals surface area contributed by atoms with E-state index >= 15 is 0 Å². The Morgan fingerprint density at radius 3 is 2.61 bits per heavy atom. The Morgan fingerprint density at radius 2 is 1.82 bits per heavy atom. The second kappa shape index (κ2) is 6.60. The van der Waals surface area contributed by atoms with Gasteiger partial charge in [0.15, 0.2) is 0 Å². The minimum atomic E-state index is -0.505. The van der Waals surface area contributed by atoms with Crippen LogP contribution in [0.25, 0.3) is 10.9 Å². The molecule has 2 amide bonds. The molecular weight excluding hydrogens is 350 g/mol. The molecule has 3 heterocycles. The maximum absolute atomic E-state index is 12.2. The molecule has 2 aromatic carbocycles. The topological polar surface area (TPSA) is 54.3 Å². The van der Waals surface area contributed by atoms with Crippen LogP contribution in [0.1, 0.15) is 24.0 Å². The van der Waals surface area contributed by atoms with Crippen LogP contribution in [-0.2, 0) is 22.7 Å². The first-order valence-electron chi connectivity index (χ1n) is 9.80. The van der Waals surface area contributed by atoms with Crippen molar-refractivity contribution in [3.05, 3.63) is 71.9 Å². The lowest BCUT2D eigenvalue weighted by molar-refractivity contribution is -0.128. The van der Waals surface area contributed by atoms with Gasteiger partial charge in [0.2, 0.25) is 11.8 Å². The number of likely N-dealkylation sites (tertiary alicyclic amines) is 1. The number of nitrogens with zero attached hydrogens (tertiary/aromatic N) is 2. The predicted octanol–water partition coefficient (Wildman–Crippen LogP) is 2.93. The molecule has 0 aliphatic carbocycles. The fourth-order valence-electron chi connectivity index (χ4n) is 4.62. The first-order valence-corrected chi connectivity index (χ1v) is 9.80. The molecule has 2 fully saturated rings. The SMILES string of the molecule is O=C1CC2(CCN(Cc3ccc4ccn(Cc5ccccc5)c4c3)C2)C(=O)N1. The second-order valence-corrected chi connectivity index (χ2v) is 8.12. The van der Waals surface area contributed by atoms with Gasteiger partial charge < -0.3 is 4.57 Å². The number of nitrogens with one attached hydrogen (secondary N) is 1. The Labute approximate surface area is 163 Å². The van der Waals surface area contributed by atoms with E-state index in [9.17, 15) is 9.59 Å². The highest BCUT2D eigenvalue weighted by Crippen LogP contribution is 2.38. The summed E-state index contributed by atoms with van der Waals surface area (Å²) in [5, 5.41) is 3.71. The third kappa shape index (κ3) is 3.02. The molecule has 1 aromatic heterocycles. The Hall–Kier alpha value is -2.92. The van der Waals surface area contributed by atoms with Crippen LogP contribution in [0, 0.1) is 5.41 Å². The quantitative estimate of drug-likeness (QED) is 0.716. The van der Waals surface area contributed by atoms with Crippen molar-refractivity contribution >= 4 is 22.7 Å². The van der Waals surface area contributed by atoms with E-state index in [2.05, 4.69) is 69.5 Å². The van der Waals surface area contributed by atoms with Gasteiger partial charge in [-0.1, -0.05) is 42.5 Å². The van der Waals surface area contributed by atoms with E-state index in [0.29, 0.717) is 13.0 Å². The first kappa shape index (κ1) is 17.2. The number of imide groups is 1. The van der Waals surface area contributed by atoms with Crippen LogP contribution in [0.2, 0.25) is 0 Å². The van der Waals surface area contributed by atoms with E-state index in [4.69, 9.17) is 0 Å². The first-order chi connectivity index (χ1) is 13.6. The highest BCUT2D eigenvalue weighted by atomic mass is 16.2.